The van der Waals surface area contributed by atoms with E-state index in [1.807, 2.05) is 30.3 Å². The number of hydrogen-bond acceptors (Lipinski definition) is 4. The summed E-state index contributed by atoms with van der Waals surface area (Å²) in [7, 11) is 0. The van der Waals surface area contributed by atoms with Gasteiger partial charge in [-0.3, -0.25) is 0 Å². The normalized spacial score (nSPS) is 12.6. The molecule has 2 aromatic rings. The number of aromatic nitrogens is 4. The lowest BCUT2D eigenvalue weighted by Gasteiger charge is -2.07. The van der Waals surface area contributed by atoms with Crippen molar-refractivity contribution in [2.75, 3.05) is 5.75 Å². The summed E-state index contributed by atoms with van der Waals surface area (Å²) in [4.78, 5) is 0. The van der Waals surface area contributed by atoms with Crippen molar-refractivity contribution in [3.63, 3.8) is 0 Å². The lowest BCUT2D eigenvalue weighted by Crippen LogP contribution is -2.01. The van der Waals surface area contributed by atoms with Crippen LogP contribution in [0.25, 0.3) is 5.69 Å². The van der Waals surface area contributed by atoms with E-state index < -0.39 is 0 Å². The van der Waals surface area contributed by atoms with Crippen molar-refractivity contribution in [1.82, 2.24) is 20.2 Å². The lowest BCUT2D eigenvalue weighted by molar-refractivity contribution is 0.635. The van der Waals surface area contributed by atoms with Crippen LogP contribution in [0.4, 0.5) is 0 Å². The highest BCUT2D eigenvalue weighted by Crippen LogP contribution is 2.21. The van der Waals surface area contributed by atoms with Crippen LogP contribution in [-0.4, -0.2) is 26.0 Å². The summed E-state index contributed by atoms with van der Waals surface area (Å²) in [5.41, 5.74) is 1.00. The zero-order chi connectivity index (χ0) is 12.1. The lowest BCUT2D eigenvalue weighted by atomic mass is 10.2. The molecule has 0 aliphatic heterocycles. The Kier molecular flexibility index (Phi) is 4.14. The second-order valence-corrected chi connectivity index (χ2v) is 5.02. The molecule has 0 aliphatic carbocycles. The molecule has 1 unspecified atom stereocenters. The molecule has 1 aromatic carbocycles. The Balaban J connectivity index is 2.12. The third-order valence-electron chi connectivity index (χ3n) is 2.64. The summed E-state index contributed by atoms with van der Waals surface area (Å²) < 4.78 is 1.78. The van der Waals surface area contributed by atoms with Gasteiger partial charge in [0.2, 0.25) is 5.16 Å². The summed E-state index contributed by atoms with van der Waals surface area (Å²) in [6.45, 7) is 4.44. The molecule has 0 amide bonds. The zero-order valence-electron chi connectivity index (χ0n) is 10.1. The van der Waals surface area contributed by atoms with Crippen LogP contribution < -0.4 is 0 Å². The topological polar surface area (TPSA) is 43.6 Å². The summed E-state index contributed by atoms with van der Waals surface area (Å²) in [6, 6.07) is 9.97. The maximum absolute atomic E-state index is 4.06. The molecule has 0 N–H and O–H groups in total. The number of hydrogen-bond donors (Lipinski definition) is 0. The Morgan fingerprint density at radius 3 is 2.76 bits per heavy atom. The number of nitrogens with zero attached hydrogens (tertiary/aromatic N) is 4. The molecule has 5 heteroatoms. The van der Waals surface area contributed by atoms with Crippen LogP contribution in [0.15, 0.2) is 35.5 Å². The molecule has 17 heavy (non-hydrogen) atoms. The molecule has 0 saturated carbocycles. The molecule has 90 valence electrons. The molecule has 0 aliphatic rings. The first kappa shape index (κ1) is 12.1. The first-order valence-corrected chi connectivity index (χ1v) is 6.76. The second-order valence-electron chi connectivity index (χ2n) is 4.03. The van der Waals surface area contributed by atoms with Crippen LogP contribution in [0.3, 0.4) is 0 Å². The van der Waals surface area contributed by atoms with Crippen molar-refractivity contribution in [2.45, 2.75) is 25.4 Å². The standard InChI is InChI=1S/C12H16N4S/c1-3-10(2)9-17-12-13-14-15-16(12)11-7-5-4-6-8-11/h4-8,10H,3,9H2,1-2H3. The van der Waals surface area contributed by atoms with Crippen LogP contribution in [0, 0.1) is 5.92 Å². The molecule has 0 saturated heterocycles. The predicted molar refractivity (Wildman–Crippen MR) is 69.3 cm³/mol. The van der Waals surface area contributed by atoms with Crippen molar-refractivity contribution in [3.8, 4) is 5.69 Å². The van der Waals surface area contributed by atoms with Gasteiger partial charge in [0.15, 0.2) is 0 Å². The van der Waals surface area contributed by atoms with E-state index in [-0.39, 0.29) is 0 Å². The summed E-state index contributed by atoms with van der Waals surface area (Å²) >= 11 is 1.71. The minimum atomic E-state index is 0.681. The van der Waals surface area contributed by atoms with E-state index in [4.69, 9.17) is 0 Å². The van der Waals surface area contributed by atoms with Gasteiger partial charge in [0.25, 0.3) is 0 Å². The van der Waals surface area contributed by atoms with Crippen LogP contribution >= 0.6 is 11.8 Å². The molecule has 0 radical (unpaired) electrons. The largest absolute Gasteiger partial charge is 0.214 e. The molecule has 1 aromatic heterocycles. The first-order valence-electron chi connectivity index (χ1n) is 5.78. The molecule has 0 spiro atoms. The Morgan fingerprint density at radius 1 is 1.29 bits per heavy atom. The quantitative estimate of drug-likeness (QED) is 0.763. The fourth-order valence-electron chi connectivity index (χ4n) is 1.33. The van der Waals surface area contributed by atoms with Gasteiger partial charge >= 0.3 is 0 Å². The van der Waals surface area contributed by atoms with E-state index in [9.17, 15) is 0 Å². The van der Waals surface area contributed by atoms with Gasteiger partial charge in [-0.2, -0.15) is 4.68 Å². The van der Waals surface area contributed by atoms with Crippen LogP contribution in [0.5, 0.6) is 0 Å². The minimum absolute atomic E-state index is 0.681. The van der Waals surface area contributed by atoms with Gasteiger partial charge in [0, 0.05) is 5.75 Å². The van der Waals surface area contributed by atoms with E-state index in [1.54, 1.807) is 16.4 Å². The molecule has 2 rings (SSSR count). The van der Waals surface area contributed by atoms with Gasteiger partial charge in [0.05, 0.1) is 5.69 Å². The molecule has 0 fully saturated rings. The molecule has 1 atom stereocenters. The average molecular weight is 248 g/mol. The van der Waals surface area contributed by atoms with Gasteiger partial charge in [0.1, 0.15) is 0 Å². The average Bonchev–Trinajstić information content (AvgIpc) is 2.85. The fourth-order valence-corrected chi connectivity index (χ4v) is 2.36. The van der Waals surface area contributed by atoms with Crippen molar-refractivity contribution in [2.24, 2.45) is 5.92 Å². The number of rotatable bonds is 5. The van der Waals surface area contributed by atoms with Crippen LogP contribution in [0.1, 0.15) is 20.3 Å². The highest BCUT2D eigenvalue weighted by Gasteiger charge is 2.09. The number of para-hydroxylation sites is 1. The van der Waals surface area contributed by atoms with Gasteiger partial charge in [-0.05, 0) is 28.5 Å². The van der Waals surface area contributed by atoms with Crippen molar-refractivity contribution < 1.29 is 0 Å². The Hall–Kier alpha value is -1.36. The highest BCUT2D eigenvalue weighted by atomic mass is 32.2. The smallest absolute Gasteiger partial charge is 0.188 e. The van der Waals surface area contributed by atoms with Crippen molar-refractivity contribution in [3.05, 3.63) is 30.3 Å². The SMILES string of the molecule is CCC(C)CSc1nnnn1-c1ccccc1. The van der Waals surface area contributed by atoms with Gasteiger partial charge in [-0.25, -0.2) is 0 Å². The third kappa shape index (κ3) is 3.06. The maximum Gasteiger partial charge on any atom is 0.214 e. The Labute approximate surface area is 105 Å². The highest BCUT2D eigenvalue weighted by molar-refractivity contribution is 7.99. The second kappa shape index (κ2) is 5.82. The number of tetrazole rings is 1. The van der Waals surface area contributed by atoms with Crippen LogP contribution in [0.2, 0.25) is 0 Å². The van der Waals surface area contributed by atoms with Gasteiger partial charge in [-0.1, -0.05) is 50.2 Å². The predicted octanol–water partition coefficient (Wildman–Crippen LogP) is 2.80. The number of benzene rings is 1. The third-order valence-corrected chi connectivity index (χ3v) is 3.88. The van der Waals surface area contributed by atoms with E-state index in [1.165, 1.54) is 6.42 Å². The minimum Gasteiger partial charge on any atom is -0.188 e. The monoisotopic (exact) mass is 248 g/mol. The van der Waals surface area contributed by atoms with Crippen LogP contribution in [-0.2, 0) is 0 Å². The van der Waals surface area contributed by atoms with Gasteiger partial charge < -0.3 is 0 Å². The van der Waals surface area contributed by atoms with Gasteiger partial charge in [-0.15, -0.1) is 5.10 Å². The molecule has 0 bridgehead atoms. The zero-order valence-corrected chi connectivity index (χ0v) is 10.9. The fraction of sp³-hybridized carbons (Fsp3) is 0.417. The Morgan fingerprint density at radius 2 is 2.06 bits per heavy atom. The van der Waals surface area contributed by atoms with E-state index in [2.05, 4.69) is 29.4 Å². The summed E-state index contributed by atoms with van der Waals surface area (Å²) in [6.07, 6.45) is 1.18. The Bertz CT molecular complexity index is 455. The number of thioether (sulfide) groups is 1. The molecular weight excluding hydrogens is 232 g/mol. The molecule has 4 nitrogen and oxygen atoms in total. The van der Waals surface area contributed by atoms with E-state index in [0.717, 1.165) is 16.6 Å². The summed E-state index contributed by atoms with van der Waals surface area (Å²) in [5.74, 6) is 1.73. The van der Waals surface area contributed by atoms with E-state index in [0.29, 0.717) is 5.92 Å². The molecular formula is C12H16N4S. The maximum atomic E-state index is 4.06. The van der Waals surface area contributed by atoms with Crippen molar-refractivity contribution in [1.29, 1.82) is 0 Å². The molecule has 1 heterocycles. The first-order chi connectivity index (χ1) is 8.31. The van der Waals surface area contributed by atoms with E-state index >= 15 is 0 Å². The summed E-state index contributed by atoms with van der Waals surface area (Å²) in [5, 5.41) is 12.7. The van der Waals surface area contributed by atoms with Crippen molar-refractivity contribution >= 4 is 11.8 Å².